The van der Waals surface area contributed by atoms with Crippen molar-refractivity contribution in [2.24, 2.45) is 0 Å². The van der Waals surface area contributed by atoms with E-state index in [4.69, 9.17) is 14.2 Å². The van der Waals surface area contributed by atoms with E-state index >= 15 is 0 Å². The van der Waals surface area contributed by atoms with Gasteiger partial charge in [0.1, 0.15) is 17.5 Å². The van der Waals surface area contributed by atoms with Crippen molar-refractivity contribution in [3.8, 4) is 11.5 Å². The predicted octanol–water partition coefficient (Wildman–Crippen LogP) is 3.44. The van der Waals surface area contributed by atoms with E-state index in [9.17, 15) is 4.79 Å². The van der Waals surface area contributed by atoms with Gasteiger partial charge >= 0.3 is 0 Å². The van der Waals surface area contributed by atoms with Crippen molar-refractivity contribution < 1.29 is 19.0 Å². The van der Waals surface area contributed by atoms with E-state index in [1.165, 1.54) is 0 Å². The van der Waals surface area contributed by atoms with Crippen LogP contribution >= 0.6 is 0 Å². The summed E-state index contributed by atoms with van der Waals surface area (Å²) in [7, 11) is 3.37. The molecule has 2 heterocycles. The summed E-state index contributed by atoms with van der Waals surface area (Å²) in [5, 5.41) is 0. The third kappa shape index (κ3) is 4.16. The quantitative estimate of drug-likeness (QED) is 0.730. The minimum atomic E-state index is -0.326. The first-order valence-electron chi connectivity index (χ1n) is 10.6. The van der Waals surface area contributed by atoms with Gasteiger partial charge in [-0.1, -0.05) is 30.3 Å². The summed E-state index contributed by atoms with van der Waals surface area (Å²) >= 11 is 0. The van der Waals surface area contributed by atoms with E-state index in [0.717, 1.165) is 42.0 Å². The van der Waals surface area contributed by atoms with Crippen LogP contribution in [0.3, 0.4) is 0 Å². The maximum Gasteiger partial charge on any atom is 0.244 e. The largest absolute Gasteiger partial charge is 0.497 e. The number of methoxy groups -OCH3 is 2. The van der Waals surface area contributed by atoms with Gasteiger partial charge in [0.15, 0.2) is 0 Å². The van der Waals surface area contributed by atoms with Crippen molar-refractivity contribution in [1.29, 1.82) is 0 Å². The van der Waals surface area contributed by atoms with Crippen molar-refractivity contribution in [1.82, 2.24) is 9.80 Å². The summed E-state index contributed by atoms with van der Waals surface area (Å²) in [6.07, 6.45) is 2.01. The molecule has 2 aliphatic heterocycles. The molecule has 2 atom stereocenters. The molecule has 0 spiro atoms. The molecular weight excluding hydrogens is 380 g/mol. The number of ether oxygens (including phenoxy) is 3. The number of carbonyl (C=O) groups excluding carboxylic acids is 1. The Kier molecular flexibility index (Phi) is 6.55. The third-order valence-electron chi connectivity index (χ3n) is 6.09. The van der Waals surface area contributed by atoms with Crippen molar-refractivity contribution in [3.05, 3.63) is 59.7 Å². The van der Waals surface area contributed by atoms with Gasteiger partial charge in [-0.15, -0.1) is 0 Å². The molecule has 0 aliphatic carbocycles. The molecule has 2 aromatic carbocycles. The maximum atomic E-state index is 13.7. The molecule has 0 N–H and O–H groups in total. The van der Waals surface area contributed by atoms with Gasteiger partial charge < -0.3 is 19.1 Å². The lowest BCUT2D eigenvalue weighted by molar-refractivity contribution is -0.142. The molecule has 160 valence electrons. The first-order chi connectivity index (χ1) is 14.7. The van der Waals surface area contributed by atoms with Gasteiger partial charge in [0.25, 0.3) is 0 Å². The van der Waals surface area contributed by atoms with E-state index in [1.807, 2.05) is 41.3 Å². The molecule has 1 amide bonds. The molecule has 0 aromatic heterocycles. The van der Waals surface area contributed by atoms with Crippen LogP contribution in [-0.4, -0.2) is 62.8 Å². The number of nitrogens with zero attached hydrogens (tertiary/aromatic N) is 2. The number of rotatable bonds is 6. The standard InChI is InChI=1S/C24H30N2O4/c1-28-19-10-11-22(29-2)20(17-19)21-9-6-12-26(21)23(18-7-4-3-5-8-18)24(27)25-13-15-30-16-14-25/h3-5,7-8,10-11,17,21,23H,6,9,12-16H2,1-2H3/t21-,23+/m1/s1. The van der Waals surface area contributed by atoms with Crippen LogP contribution in [0.4, 0.5) is 0 Å². The molecule has 0 saturated carbocycles. The number of carbonyl (C=O) groups is 1. The van der Waals surface area contributed by atoms with Gasteiger partial charge in [0.2, 0.25) is 5.91 Å². The fraction of sp³-hybridized carbons (Fsp3) is 0.458. The Labute approximate surface area is 178 Å². The van der Waals surface area contributed by atoms with Crippen molar-refractivity contribution in [3.63, 3.8) is 0 Å². The maximum absolute atomic E-state index is 13.7. The fourth-order valence-corrected chi connectivity index (χ4v) is 4.60. The van der Waals surface area contributed by atoms with Gasteiger partial charge in [0, 0.05) is 24.7 Å². The monoisotopic (exact) mass is 410 g/mol. The normalized spacial score (nSPS) is 20.7. The van der Waals surface area contributed by atoms with Gasteiger partial charge in [-0.2, -0.15) is 0 Å². The van der Waals surface area contributed by atoms with Gasteiger partial charge in [-0.3, -0.25) is 9.69 Å². The Morgan fingerprint density at radius 2 is 1.80 bits per heavy atom. The van der Waals surface area contributed by atoms with Crippen LogP contribution in [-0.2, 0) is 9.53 Å². The number of likely N-dealkylation sites (tertiary alicyclic amines) is 1. The fourth-order valence-electron chi connectivity index (χ4n) is 4.60. The van der Waals surface area contributed by atoms with Crippen LogP contribution in [0, 0.1) is 0 Å². The van der Waals surface area contributed by atoms with Crippen LogP contribution in [0.5, 0.6) is 11.5 Å². The lowest BCUT2D eigenvalue weighted by atomic mass is 9.98. The van der Waals surface area contributed by atoms with Gasteiger partial charge in [0.05, 0.1) is 27.4 Å². The molecule has 30 heavy (non-hydrogen) atoms. The second-order valence-electron chi connectivity index (χ2n) is 7.75. The Morgan fingerprint density at radius 1 is 1.03 bits per heavy atom. The minimum absolute atomic E-state index is 0.0882. The summed E-state index contributed by atoms with van der Waals surface area (Å²) in [4.78, 5) is 18.0. The van der Waals surface area contributed by atoms with Crippen LogP contribution in [0.2, 0.25) is 0 Å². The average molecular weight is 411 g/mol. The summed E-state index contributed by atoms with van der Waals surface area (Å²) in [5.74, 6) is 1.78. The smallest absolute Gasteiger partial charge is 0.244 e. The zero-order chi connectivity index (χ0) is 20.9. The number of morpholine rings is 1. The highest BCUT2D eigenvalue weighted by Crippen LogP contribution is 2.43. The van der Waals surface area contributed by atoms with Crippen LogP contribution in [0.15, 0.2) is 48.5 Å². The first kappa shape index (κ1) is 20.7. The molecule has 2 saturated heterocycles. The first-order valence-corrected chi connectivity index (χ1v) is 10.6. The number of hydrogen-bond donors (Lipinski definition) is 0. The van der Waals surface area contributed by atoms with Gasteiger partial charge in [-0.25, -0.2) is 0 Å². The van der Waals surface area contributed by atoms with E-state index < -0.39 is 0 Å². The second-order valence-corrected chi connectivity index (χ2v) is 7.75. The minimum Gasteiger partial charge on any atom is -0.497 e. The number of hydrogen-bond acceptors (Lipinski definition) is 5. The van der Waals surface area contributed by atoms with Gasteiger partial charge in [-0.05, 0) is 43.1 Å². The molecule has 6 nitrogen and oxygen atoms in total. The number of amides is 1. The molecule has 0 radical (unpaired) electrons. The molecule has 2 fully saturated rings. The van der Waals surface area contributed by atoms with Crippen LogP contribution < -0.4 is 9.47 Å². The summed E-state index contributed by atoms with van der Waals surface area (Å²) in [5.41, 5.74) is 2.10. The Hall–Kier alpha value is -2.57. The second kappa shape index (κ2) is 9.49. The highest BCUT2D eigenvalue weighted by Gasteiger charge is 2.39. The summed E-state index contributed by atoms with van der Waals surface area (Å²) < 4.78 is 16.6. The highest BCUT2D eigenvalue weighted by molar-refractivity contribution is 5.83. The average Bonchev–Trinajstić information content (AvgIpc) is 3.29. The molecule has 2 aromatic rings. The molecular formula is C24H30N2O4. The Bertz CT molecular complexity index is 852. The molecule has 2 aliphatic rings. The Morgan fingerprint density at radius 3 is 2.50 bits per heavy atom. The summed E-state index contributed by atoms with van der Waals surface area (Å²) in [6, 6.07) is 15.8. The van der Waals surface area contributed by atoms with Crippen molar-refractivity contribution in [2.45, 2.75) is 24.9 Å². The van der Waals surface area contributed by atoms with Crippen LogP contribution in [0.25, 0.3) is 0 Å². The topological polar surface area (TPSA) is 51.2 Å². The van der Waals surface area contributed by atoms with Crippen molar-refractivity contribution >= 4 is 5.91 Å². The zero-order valence-corrected chi connectivity index (χ0v) is 17.8. The molecule has 0 bridgehead atoms. The van der Waals surface area contributed by atoms with E-state index in [-0.39, 0.29) is 18.0 Å². The molecule has 6 heteroatoms. The SMILES string of the molecule is COc1ccc(OC)c([C@H]2CCCN2[C@H](C(=O)N2CCOCC2)c2ccccc2)c1. The zero-order valence-electron chi connectivity index (χ0n) is 17.8. The predicted molar refractivity (Wildman–Crippen MR) is 115 cm³/mol. The van der Waals surface area contributed by atoms with E-state index in [0.29, 0.717) is 26.3 Å². The number of benzene rings is 2. The van der Waals surface area contributed by atoms with Crippen LogP contribution in [0.1, 0.15) is 36.1 Å². The van der Waals surface area contributed by atoms with E-state index in [2.05, 4.69) is 17.0 Å². The third-order valence-corrected chi connectivity index (χ3v) is 6.09. The summed E-state index contributed by atoms with van der Waals surface area (Å²) in [6.45, 7) is 3.34. The van der Waals surface area contributed by atoms with Crippen molar-refractivity contribution in [2.75, 3.05) is 47.1 Å². The van der Waals surface area contributed by atoms with E-state index in [1.54, 1.807) is 14.2 Å². The lowest BCUT2D eigenvalue weighted by Gasteiger charge is -2.37. The Balaban J connectivity index is 1.72. The molecule has 4 rings (SSSR count). The lowest BCUT2D eigenvalue weighted by Crippen LogP contribution is -2.47. The molecule has 0 unspecified atom stereocenters. The highest BCUT2D eigenvalue weighted by atomic mass is 16.5.